The van der Waals surface area contributed by atoms with Crippen LogP contribution in [0.1, 0.15) is 49.7 Å². The van der Waals surface area contributed by atoms with Gasteiger partial charge in [0, 0.05) is 13.8 Å². The molecule has 0 aliphatic rings. The van der Waals surface area contributed by atoms with Crippen molar-refractivity contribution in [2.45, 2.75) is 39.6 Å². The fourth-order valence-electron chi connectivity index (χ4n) is 4.32. The molecule has 0 aliphatic heterocycles. The highest BCUT2D eigenvalue weighted by atomic mass is 31.2. The molecule has 3 aromatic rings. The average molecular weight is 513 g/mol. The number of aliphatic hydroxyl groups is 1. The third kappa shape index (κ3) is 7.44. The molecular formula is C29H37O6P. The molecule has 0 aromatic heterocycles. The van der Waals surface area contributed by atoms with Crippen molar-refractivity contribution in [3.8, 4) is 22.6 Å². The molecule has 7 heteroatoms. The summed E-state index contributed by atoms with van der Waals surface area (Å²) in [5.74, 6) is 1.37. The van der Waals surface area contributed by atoms with Crippen LogP contribution >= 0.6 is 7.37 Å². The van der Waals surface area contributed by atoms with Gasteiger partial charge in [0.1, 0.15) is 18.1 Å². The molecule has 36 heavy (non-hydrogen) atoms. The quantitative estimate of drug-likeness (QED) is 0.298. The SMILES string of the molecule is COc1cccc(-c2ccc(COc3cccc([C@H](O)CP(C)(=O)O)c3)cc2[C@@H](OC)C(C)(C)C)c1. The van der Waals surface area contributed by atoms with Crippen LogP contribution in [-0.4, -0.2) is 37.0 Å². The van der Waals surface area contributed by atoms with Crippen molar-refractivity contribution in [1.29, 1.82) is 0 Å². The standard InChI is InChI=1S/C29H37O6P/c1-29(2,3)28(34-5)26-15-20(13-14-25(26)21-9-7-11-23(16-21)33-4)18-35-24-12-8-10-22(17-24)27(30)19-36(6,31)32/h7-17,27-28,30H,18-19H2,1-6H3,(H,31,32)/t27-,28-/m1/s1. The minimum atomic E-state index is -3.34. The minimum absolute atomic E-state index is 0.141. The molecule has 0 bridgehead atoms. The van der Waals surface area contributed by atoms with E-state index in [2.05, 4.69) is 39.0 Å². The van der Waals surface area contributed by atoms with E-state index in [0.29, 0.717) is 17.9 Å². The summed E-state index contributed by atoms with van der Waals surface area (Å²) >= 11 is 0. The van der Waals surface area contributed by atoms with Crippen LogP contribution in [0.25, 0.3) is 11.1 Å². The first-order chi connectivity index (χ1) is 16.9. The zero-order chi connectivity index (χ0) is 26.5. The Bertz CT molecular complexity index is 1210. The van der Waals surface area contributed by atoms with Crippen LogP contribution in [0.2, 0.25) is 0 Å². The number of rotatable bonds is 10. The molecule has 0 spiro atoms. The molecule has 1 unspecified atom stereocenters. The average Bonchev–Trinajstić information content (AvgIpc) is 2.81. The van der Waals surface area contributed by atoms with Gasteiger partial charge in [-0.3, -0.25) is 4.57 Å². The molecule has 0 saturated carbocycles. The van der Waals surface area contributed by atoms with Gasteiger partial charge in [0.25, 0.3) is 0 Å². The van der Waals surface area contributed by atoms with Crippen LogP contribution in [0.3, 0.4) is 0 Å². The summed E-state index contributed by atoms with van der Waals surface area (Å²) in [7, 11) is 0.0442. The van der Waals surface area contributed by atoms with E-state index in [1.54, 1.807) is 38.5 Å². The van der Waals surface area contributed by atoms with Crippen molar-refractivity contribution < 1.29 is 28.8 Å². The monoisotopic (exact) mass is 512 g/mol. The Morgan fingerprint density at radius 1 is 0.944 bits per heavy atom. The zero-order valence-corrected chi connectivity index (χ0v) is 22.8. The maximum Gasteiger partial charge on any atom is 0.200 e. The Morgan fingerprint density at radius 2 is 1.64 bits per heavy atom. The lowest BCUT2D eigenvalue weighted by Crippen LogP contribution is -2.21. The first-order valence-electron chi connectivity index (χ1n) is 11.9. The van der Waals surface area contributed by atoms with Gasteiger partial charge in [-0.1, -0.05) is 57.2 Å². The molecule has 0 heterocycles. The first-order valence-corrected chi connectivity index (χ1v) is 14.2. The number of aliphatic hydroxyl groups excluding tert-OH is 1. The molecule has 0 fully saturated rings. The number of ether oxygens (including phenoxy) is 3. The van der Waals surface area contributed by atoms with Crippen molar-refractivity contribution in [3.63, 3.8) is 0 Å². The lowest BCUT2D eigenvalue weighted by molar-refractivity contribution is 0.0155. The third-order valence-electron chi connectivity index (χ3n) is 5.96. The number of hydrogen-bond acceptors (Lipinski definition) is 5. The second-order valence-corrected chi connectivity index (χ2v) is 12.7. The summed E-state index contributed by atoms with van der Waals surface area (Å²) in [6.45, 7) is 8.01. The van der Waals surface area contributed by atoms with Crippen LogP contribution in [0, 0.1) is 5.41 Å². The molecule has 3 rings (SSSR count). The summed E-state index contributed by atoms with van der Waals surface area (Å²) in [5, 5.41) is 10.3. The number of methoxy groups -OCH3 is 2. The van der Waals surface area contributed by atoms with Crippen LogP contribution in [0.15, 0.2) is 66.7 Å². The van der Waals surface area contributed by atoms with Crippen molar-refractivity contribution in [2.75, 3.05) is 27.0 Å². The maximum absolute atomic E-state index is 11.7. The van der Waals surface area contributed by atoms with Crippen LogP contribution in [-0.2, 0) is 15.9 Å². The Kier molecular flexibility index (Phi) is 9.02. The topological polar surface area (TPSA) is 85.2 Å². The van der Waals surface area contributed by atoms with Gasteiger partial charge in [-0.15, -0.1) is 0 Å². The van der Waals surface area contributed by atoms with Gasteiger partial charge in [-0.05, 0) is 63.6 Å². The predicted octanol–water partition coefficient (Wildman–Crippen LogP) is 6.61. The highest BCUT2D eigenvalue weighted by molar-refractivity contribution is 7.57. The van der Waals surface area contributed by atoms with Crippen molar-refractivity contribution in [2.24, 2.45) is 5.41 Å². The van der Waals surface area contributed by atoms with E-state index in [-0.39, 0.29) is 17.7 Å². The van der Waals surface area contributed by atoms with E-state index >= 15 is 0 Å². The number of benzene rings is 3. The molecule has 0 saturated heterocycles. The minimum Gasteiger partial charge on any atom is -0.497 e. The van der Waals surface area contributed by atoms with E-state index in [0.717, 1.165) is 28.0 Å². The van der Waals surface area contributed by atoms with Crippen molar-refractivity contribution >= 4 is 7.37 Å². The second kappa shape index (κ2) is 11.6. The largest absolute Gasteiger partial charge is 0.497 e. The Hall–Kier alpha value is -2.63. The van der Waals surface area contributed by atoms with Gasteiger partial charge in [0.15, 0.2) is 0 Å². The van der Waals surface area contributed by atoms with Crippen LogP contribution < -0.4 is 9.47 Å². The third-order valence-corrected chi connectivity index (χ3v) is 6.98. The van der Waals surface area contributed by atoms with Gasteiger partial charge in [-0.2, -0.15) is 0 Å². The van der Waals surface area contributed by atoms with Crippen molar-refractivity contribution in [3.05, 3.63) is 83.4 Å². The normalized spacial score (nSPS) is 15.1. The van der Waals surface area contributed by atoms with Gasteiger partial charge in [0.05, 0.1) is 25.5 Å². The fraction of sp³-hybridized carbons (Fsp3) is 0.379. The summed E-state index contributed by atoms with van der Waals surface area (Å²) in [5.41, 5.74) is 4.55. The fourth-order valence-corrected chi connectivity index (χ4v) is 5.18. The summed E-state index contributed by atoms with van der Waals surface area (Å²) in [4.78, 5) is 9.60. The smallest absolute Gasteiger partial charge is 0.200 e. The Labute approximate surface area is 214 Å². The highest BCUT2D eigenvalue weighted by Gasteiger charge is 2.29. The lowest BCUT2D eigenvalue weighted by Gasteiger charge is -2.32. The van der Waals surface area contributed by atoms with Gasteiger partial charge in [-0.25, -0.2) is 0 Å². The Morgan fingerprint density at radius 3 is 2.28 bits per heavy atom. The Balaban J connectivity index is 1.91. The second-order valence-electron chi connectivity index (χ2n) is 10.2. The van der Waals surface area contributed by atoms with E-state index in [9.17, 15) is 14.6 Å². The molecule has 0 amide bonds. The highest BCUT2D eigenvalue weighted by Crippen LogP contribution is 2.42. The zero-order valence-electron chi connectivity index (χ0n) is 21.9. The van der Waals surface area contributed by atoms with E-state index in [4.69, 9.17) is 14.2 Å². The molecule has 3 atom stereocenters. The van der Waals surface area contributed by atoms with Gasteiger partial charge >= 0.3 is 0 Å². The molecule has 0 radical (unpaired) electrons. The summed E-state index contributed by atoms with van der Waals surface area (Å²) < 4.78 is 29.1. The van der Waals surface area contributed by atoms with E-state index < -0.39 is 13.5 Å². The first kappa shape index (κ1) is 27.9. The molecule has 194 valence electrons. The van der Waals surface area contributed by atoms with Crippen LogP contribution in [0.4, 0.5) is 0 Å². The van der Waals surface area contributed by atoms with E-state index in [1.165, 1.54) is 6.66 Å². The van der Waals surface area contributed by atoms with Crippen LogP contribution in [0.5, 0.6) is 11.5 Å². The predicted molar refractivity (Wildman–Crippen MR) is 144 cm³/mol. The van der Waals surface area contributed by atoms with Gasteiger partial charge in [0.2, 0.25) is 7.37 Å². The molecule has 3 aromatic carbocycles. The molecule has 2 N–H and O–H groups in total. The molecule has 6 nitrogen and oxygen atoms in total. The van der Waals surface area contributed by atoms with Gasteiger partial charge < -0.3 is 24.2 Å². The summed E-state index contributed by atoms with van der Waals surface area (Å²) in [6.07, 6.45) is -1.38. The number of hydrogen-bond donors (Lipinski definition) is 2. The summed E-state index contributed by atoms with van der Waals surface area (Å²) in [6, 6.07) is 21.2. The molecule has 0 aliphatic carbocycles. The maximum atomic E-state index is 11.7. The van der Waals surface area contributed by atoms with Crippen molar-refractivity contribution in [1.82, 2.24) is 0 Å². The molecular weight excluding hydrogens is 475 g/mol. The van der Waals surface area contributed by atoms with E-state index in [1.807, 2.05) is 24.3 Å². The lowest BCUT2D eigenvalue weighted by atomic mass is 9.81.